The second-order valence-corrected chi connectivity index (χ2v) is 9.21. The maximum atomic E-state index is 11.8. The molecule has 1 fully saturated rings. The largest absolute Gasteiger partial charge is 0.508 e. The Morgan fingerprint density at radius 3 is 2.64 bits per heavy atom. The highest BCUT2D eigenvalue weighted by Crippen LogP contribution is 2.35. The fourth-order valence-electron chi connectivity index (χ4n) is 4.87. The Labute approximate surface area is 212 Å². The number of benzene rings is 2. The molecule has 4 rings (SSSR count). The van der Waals surface area contributed by atoms with E-state index in [0.717, 1.165) is 36.3 Å². The average molecular weight is 491 g/mol. The minimum absolute atomic E-state index is 0.0741. The highest BCUT2D eigenvalue weighted by molar-refractivity contribution is 5.68. The number of carbonyl (C=O) groups excluding carboxylic acids is 1. The van der Waals surface area contributed by atoms with Crippen molar-refractivity contribution in [3.8, 4) is 17.1 Å². The van der Waals surface area contributed by atoms with Gasteiger partial charge in [-0.3, -0.25) is 9.80 Å². The molecule has 9 heteroatoms. The van der Waals surface area contributed by atoms with Gasteiger partial charge in [0, 0.05) is 37.3 Å². The highest BCUT2D eigenvalue weighted by Gasteiger charge is 2.34. The molecule has 2 aromatic carbocycles. The van der Waals surface area contributed by atoms with Crippen molar-refractivity contribution in [2.45, 2.75) is 45.4 Å². The van der Waals surface area contributed by atoms with Crippen molar-refractivity contribution in [2.75, 3.05) is 26.2 Å². The SMILES string of the molecule is C=CCN1C[C@H](C)N([C@@H](c2cccc(O)c2)c2cccc(-c3nnn(CC(=O)OCC)n3)c2)C[C@H]1C. The average Bonchev–Trinajstić information content (AvgIpc) is 3.31. The van der Waals surface area contributed by atoms with Crippen LogP contribution in [0, 0.1) is 0 Å². The van der Waals surface area contributed by atoms with Gasteiger partial charge in [-0.2, -0.15) is 4.80 Å². The molecule has 1 aliphatic heterocycles. The zero-order valence-corrected chi connectivity index (χ0v) is 21.1. The lowest BCUT2D eigenvalue weighted by Crippen LogP contribution is -2.57. The summed E-state index contributed by atoms with van der Waals surface area (Å²) in [6.45, 7) is 13.0. The van der Waals surface area contributed by atoms with Gasteiger partial charge in [-0.25, -0.2) is 4.79 Å². The minimum Gasteiger partial charge on any atom is -0.508 e. The van der Waals surface area contributed by atoms with E-state index in [2.05, 4.69) is 63.8 Å². The quantitative estimate of drug-likeness (QED) is 0.361. The topological polar surface area (TPSA) is 96.6 Å². The predicted molar refractivity (Wildman–Crippen MR) is 137 cm³/mol. The molecule has 0 unspecified atom stereocenters. The summed E-state index contributed by atoms with van der Waals surface area (Å²) in [5.41, 5.74) is 2.89. The van der Waals surface area contributed by atoms with Gasteiger partial charge in [0.15, 0.2) is 6.54 Å². The number of aromatic hydroxyl groups is 1. The highest BCUT2D eigenvalue weighted by atomic mass is 16.5. The first-order valence-corrected chi connectivity index (χ1v) is 12.3. The third kappa shape index (κ3) is 5.80. The molecule has 0 spiro atoms. The van der Waals surface area contributed by atoms with E-state index in [1.807, 2.05) is 30.3 Å². The third-order valence-electron chi connectivity index (χ3n) is 6.53. The number of hydrogen-bond acceptors (Lipinski definition) is 8. The number of aromatic nitrogens is 4. The molecule has 1 aromatic heterocycles. The summed E-state index contributed by atoms with van der Waals surface area (Å²) in [7, 11) is 0. The Morgan fingerprint density at radius 2 is 1.92 bits per heavy atom. The number of rotatable bonds is 9. The van der Waals surface area contributed by atoms with Crippen LogP contribution in [0.25, 0.3) is 11.4 Å². The normalized spacial score (nSPS) is 19.6. The van der Waals surface area contributed by atoms with Crippen LogP contribution in [0.1, 0.15) is 37.9 Å². The molecule has 0 radical (unpaired) electrons. The molecule has 1 N–H and O–H groups in total. The Kier molecular flexibility index (Phi) is 8.12. The maximum absolute atomic E-state index is 11.8. The Hall–Kier alpha value is -3.56. The van der Waals surface area contributed by atoms with Gasteiger partial charge in [0.05, 0.1) is 12.6 Å². The summed E-state index contributed by atoms with van der Waals surface area (Å²) in [6.07, 6.45) is 1.96. The first-order chi connectivity index (χ1) is 17.4. The fourth-order valence-corrected chi connectivity index (χ4v) is 4.87. The summed E-state index contributed by atoms with van der Waals surface area (Å²) in [4.78, 5) is 18.0. The number of tetrazole rings is 1. The van der Waals surface area contributed by atoms with Crippen LogP contribution in [0.3, 0.4) is 0 Å². The number of esters is 1. The number of hydrogen-bond donors (Lipinski definition) is 1. The zero-order valence-electron chi connectivity index (χ0n) is 21.1. The molecular weight excluding hydrogens is 456 g/mol. The summed E-state index contributed by atoms with van der Waals surface area (Å²) in [6, 6.07) is 16.1. The van der Waals surface area contributed by atoms with E-state index < -0.39 is 5.97 Å². The van der Waals surface area contributed by atoms with Gasteiger partial charge in [0.25, 0.3) is 0 Å². The van der Waals surface area contributed by atoms with E-state index in [-0.39, 0.29) is 24.4 Å². The second-order valence-electron chi connectivity index (χ2n) is 9.21. The molecule has 3 atom stereocenters. The number of ether oxygens (including phenoxy) is 1. The third-order valence-corrected chi connectivity index (χ3v) is 6.53. The minimum atomic E-state index is -0.405. The molecule has 3 aromatic rings. The molecule has 9 nitrogen and oxygen atoms in total. The van der Waals surface area contributed by atoms with Gasteiger partial charge in [-0.15, -0.1) is 16.8 Å². The second kappa shape index (κ2) is 11.5. The van der Waals surface area contributed by atoms with Crippen LogP contribution in [-0.4, -0.2) is 79.4 Å². The first-order valence-electron chi connectivity index (χ1n) is 12.3. The Balaban J connectivity index is 1.67. The van der Waals surface area contributed by atoms with Gasteiger partial charge in [0.2, 0.25) is 5.82 Å². The van der Waals surface area contributed by atoms with Crippen LogP contribution >= 0.6 is 0 Å². The van der Waals surface area contributed by atoms with Crippen molar-refractivity contribution in [3.63, 3.8) is 0 Å². The van der Waals surface area contributed by atoms with Crippen LogP contribution in [0.5, 0.6) is 5.75 Å². The van der Waals surface area contributed by atoms with E-state index in [1.54, 1.807) is 13.0 Å². The van der Waals surface area contributed by atoms with Crippen molar-refractivity contribution < 1.29 is 14.6 Å². The molecule has 190 valence electrons. The smallest absolute Gasteiger partial charge is 0.329 e. The van der Waals surface area contributed by atoms with Crippen LogP contribution in [0.2, 0.25) is 0 Å². The maximum Gasteiger partial charge on any atom is 0.329 e. The summed E-state index contributed by atoms with van der Waals surface area (Å²) >= 11 is 0. The van der Waals surface area contributed by atoms with E-state index in [1.165, 1.54) is 4.80 Å². The lowest BCUT2D eigenvalue weighted by Gasteiger charge is -2.47. The molecule has 2 heterocycles. The molecule has 0 amide bonds. The molecule has 36 heavy (non-hydrogen) atoms. The zero-order chi connectivity index (χ0) is 25.7. The fraction of sp³-hybridized carbons (Fsp3) is 0.407. The predicted octanol–water partition coefficient (Wildman–Crippen LogP) is 3.28. The van der Waals surface area contributed by atoms with Gasteiger partial charge in [0.1, 0.15) is 5.75 Å². The molecule has 1 saturated heterocycles. The van der Waals surface area contributed by atoms with Gasteiger partial charge in [-0.05, 0) is 55.3 Å². The van der Waals surface area contributed by atoms with Crippen molar-refractivity contribution >= 4 is 5.97 Å². The standard InChI is InChI=1S/C27H34N6O3/c1-5-13-31-16-20(4)32(17-19(31)3)26(22-10-8-12-24(34)15-22)21-9-7-11-23(14-21)27-28-30-33(29-27)18-25(35)36-6-2/h5,7-12,14-15,19-20,26,34H,1,6,13,16-18H2,2-4H3/t19-,20+,26-/m1/s1. The van der Waals surface area contributed by atoms with E-state index in [0.29, 0.717) is 18.5 Å². The van der Waals surface area contributed by atoms with Gasteiger partial charge in [-0.1, -0.05) is 36.4 Å². The Morgan fingerprint density at radius 1 is 1.17 bits per heavy atom. The molecule has 1 aliphatic rings. The van der Waals surface area contributed by atoms with Crippen LogP contribution in [0.4, 0.5) is 0 Å². The first kappa shape index (κ1) is 25.5. The van der Waals surface area contributed by atoms with Crippen molar-refractivity contribution in [3.05, 3.63) is 72.3 Å². The number of phenols is 1. The number of piperazine rings is 1. The number of nitrogens with zero attached hydrogens (tertiary/aromatic N) is 6. The molecular formula is C27H34N6O3. The van der Waals surface area contributed by atoms with E-state index >= 15 is 0 Å². The number of phenolic OH excluding ortho intramolecular Hbond substituents is 1. The van der Waals surface area contributed by atoms with Crippen LogP contribution in [0.15, 0.2) is 61.2 Å². The molecule has 0 bridgehead atoms. The lowest BCUT2D eigenvalue weighted by atomic mass is 9.92. The van der Waals surface area contributed by atoms with Crippen molar-refractivity contribution in [1.82, 2.24) is 30.0 Å². The monoisotopic (exact) mass is 490 g/mol. The summed E-state index contributed by atoms with van der Waals surface area (Å²) in [5.74, 6) is 0.272. The van der Waals surface area contributed by atoms with Crippen LogP contribution in [-0.2, 0) is 16.1 Å². The lowest BCUT2D eigenvalue weighted by molar-refractivity contribution is -0.144. The van der Waals surface area contributed by atoms with Crippen LogP contribution < -0.4 is 0 Å². The van der Waals surface area contributed by atoms with Crippen molar-refractivity contribution in [1.29, 1.82) is 0 Å². The summed E-state index contributed by atoms with van der Waals surface area (Å²) < 4.78 is 4.98. The Bertz CT molecular complexity index is 1200. The molecule has 0 saturated carbocycles. The molecule has 0 aliphatic carbocycles. The van der Waals surface area contributed by atoms with E-state index in [4.69, 9.17) is 4.74 Å². The van der Waals surface area contributed by atoms with E-state index in [9.17, 15) is 9.90 Å². The number of carbonyl (C=O) groups is 1. The summed E-state index contributed by atoms with van der Waals surface area (Å²) in [5, 5.41) is 22.8. The van der Waals surface area contributed by atoms with Gasteiger partial charge < -0.3 is 9.84 Å². The van der Waals surface area contributed by atoms with Crippen molar-refractivity contribution in [2.24, 2.45) is 0 Å². The van der Waals surface area contributed by atoms with Gasteiger partial charge >= 0.3 is 5.97 Å².